The second-order valence-electron chi connectivity index (χ2n) is 6.25. The van der Waals surface area contributed by atoms with Crippen LogP contribution in [0.3, 0.4) is 0 Å². The summed E-state index contributed by atoms with van der Waals surface area (Å²) < 4.78 is 5.10. The Morgan fingerprint density at radius 2 is 2.11 bits per heavy atom. The fraction of sp³-hybridized carbons (Fsp3) is 0.846. The summed E-state index contributed by atoms with van der Waals surface area (Å²) in [6.45, 7) is 6.93. The lowest BCUT2D eigenvalue weighted by molar-refractivity contribution is -0.158. The van der Waals surface area contributed by atoms with Crippen molar-refractivity contribution >= 4 is 11.9 Å². The van der Waals surface area contributed by atoms with Gasteiger partial charge in [-0.3, -0.25) is 4.79 Å². The van der Waals surface area contributed by atoms with E-state index >= 15 is 0 Å². The maximum atomic E-state index is 12.1. The van der Waals surface area contributed by atoms with Gasteiger partial charge in [-0.1, -0.05) is 20.8 Å². The Labute approximate surface area is 113 Å². The summed E-state index contributed by atoms with van der Waals surface area (Å²) in [6.07, 6.45) is 0.905. The van der Waals surface area contributed by atoms with E-state index in [1.807, 2.05) is 0 Å². The van der Waals surface area contributed by atoms with Gasteiger partial charge in [0.15, 0.2) is 6.04 Å². The number of carboxylic acids is 1. The Morgan fingerprint density at radius 3 is 2.63 bits per heavy atom. The highest BCUT2D eigenvalue weighted by atomic mass is 16.5. The van der Waals surface area contributed by atoms with Crippen molar-refractivity contribution in [3.05, 3.63) is 0 Å². The van der Waals surface area contributed by atoms with E-state index in [1.165, 1.54) is 4.90 Å². The van der Waals surface area contributed by atoms with Gasteiger partial charge in [0.2, 0.25) is 5.91 Å². The molecular formula is C13H24N2O4. The number of morpholine rings is 1. The van der Waals surface area contributed by atoms with Crippen molar-refractivity contribution in [2.24, 2.45) is 11.1 Å². The van der Waals surface area contributed by atoms with Crippen LogP contribution in [0.4, 0.5) is 0 Å². The zero-order valence-corrected chi connectivity index (χ0v) is 11.9. The van der Waals surface area contributed by atoms with E-state index in [9.17, 15) is 9.59 Å². The molecule has 1 aliphatic rings. The molecule has 0 bridgehead atoms. The van der Waals surface area contributed by atoms with Crippen molar-refractivity contribution in [3.63, 3.8) is 0 Å². The van der Waals surface area contributed by atoms with E-state index in [1.54, 1.807) is 0 Å². The van der Waals surface area contributed by atoms with Crippen molar-refractivity contribution < 1.29 is 19.4 Å². The normalized spacial score (nSPS) is 22.1. The summed E-state index contributed by atoms with van der Waals surface area (Å²) in [4.78, 5) is 24.6. The molecule has 1 amide bonds. The van der Waals surface area contributed by atoms with E-state index in [0.717, 1.165) is 6.42 Å². The van der Waals surface area contributed by atoms with Crippen molar-refractivity contribution in [1.29, 1.82) is 0 Å². The van der Waals surface area contributed by atoms with Crippen LogP contribution in [-0.2, 0) is 14.3 Å². The Bertz CT molecular complexity index is 338. The van der Waals surface area contributed by atoms with E-state index < -0.39 is 12.0 Å². The third kappa shape index (κ3) is 5.16. The average Bonchev–Trinajstić information content (AvgIpc) is 2.26. The zero-order valence-electron chi connectivity index (χ0n) is 11.9. The summed E-state index contributed by atoms with van der Waals surface area (Å²) in [5.74, 6) is -1.23. The van der Waals surface area contributed by atoms with Gasteiger partial charge in [-0.25, -0.2) is 4.79 Å². The minimum absolute atomic E-state index is 0.0512. The van der Waals surface area contributed by atoms with Crippen LogP contribution < -0.4 is 5.73 Å². The Hall–Kier alpha value is -1.14. The van der Waals surface area contributed by atoms with Gasteiger partial charge in [0.1, 0.15) is 0 Å². The second-order valence-corrected chi connectivity index (χ2v) is 6.25. The highest BCUT2D eigenvalue weighted by Gasteiger charge is 2.33. The third-order valence-corrected chi connectivity index (χ3v) is 3.05. The Balaban J connectivity index is 2.58. The molecule has 0 aromatic rings. The highest BCUT2D eigenvalue weighted by Crippen LogP contribution is 2.22. The highest BCUT2D eigenvalue weighted by molar-refractivity contribution is 5.84. The number of rotatable bonds is 4. The molecule has 0 spiro atoms. The largest absolute Gasteiger partial charge is 0.480 e. The molecule has 2 atom stereocenters. The van der Waals surface area contributed by atoms with Gasteiger partial charge >= 0.3 is 5.97 Å². The van der Waals surface area contributed by atoms with Crippen molar-refractivity contribution in [2.45, 2.75) is 45.7 Å². The summed E-state index contributed by atoms with van der Waals surface area (Å²) in [5.41, 5.74) is 6.02. The lowest BCUT2D eigenvalue weighted by atomic mass is 9.87. The molecule has 1 aliphatic heterocycles. The molecule has 1 saturated heterocycles. The molecule has 1 heterocycles. The first-order valence-electron chi connectivity index (χ1n) is 6.56. The molecule has 0 aromatic heterocycles. The monoisotopic (exact) mass is 272 g/mol. The van der Waals surface area contributed by atoms with E-state index in [4.69, 9.17) is 15.6 Å². The summed E-state index contributed by atoms with van der Waals surface area (Å²) in [7, 11) is 0. The van der Waals surface area contributed by atoms with E-state index in [-0.39, 0.29) is 30.4 Å². The van der Waals surface area contributed by atoms with Gasteiger partial charge in [-0.05, 0) is 11.8 Å². The van der Waals surface area contributed by atoms with Gasteiger partial charge in [0.05, 0.1) is 13.2 Å². The van der Waals surface area contributed by atoms with Crippen molar-refractivity contribution in [3.8, 4) is 0 Å². The number of aliphatic carboxylic acids is 1. The lowest BCUT2D eigenvalue weighted by Gasteiger charge is -2.34. The molecule has 1 fully saturated rings. The van der Waals surface area contributed by atoms with Gasteiger partial charge < -0.3 is 20.5 Å². The van der Waals surface area contributed by atoms with Crippen LogP contribution in [-0.4, -0.2) is 53.7 Å². The van der Waals surface area contributed by atoms with Gasteiger partial charge in [0.25, 0.3) is 0 Å². The Kier molecular flexibility index (Phi) is 5.31. The molecule has 6 nitrogen and oxygen atoms in total. The maximum absolute atomic E-state index is 12.1. The molecule has 0 aromatic carbocycles. The minimum Gasteiger partial charge on any atom is -0.480 e. The number of nitrogens with two attached hydrogens (primary N) is 1. The molecule has 110 valence electrons. The number of carboxylic acid groups (broad SMARTS) is 1. The summed E-state index contributed by atoms with van der Waals surface area (Å²) >= 11 is 0. The van der Waals surface area contributed by atoms with Crippen molar-refractivity contribution in [2.75, 3.05) is 19.8 Å². The first kappa shape index (κ1) is 15.9. The number of carbonyl (C=O) groups excluding carboxylic acids is 1. The predicted octanol–water partition coefficient (Wildman–Crippen LogP) is 0.452. The quantitative estimate of drug-likeness (QED) is 0.775. The molecule has 0 saturated carbocycles. The number of nitrogens with zero attached hydrogens (tertiary/aromatic N) is 1. The standard InChI is InChI=1S/C13H24N2O4/c1-13(2,3)7-9(14)6-11(16)15-4-5-19-8-10(15)12(17)18/h9-10H,4-8,14H2,1-3H3,(H,17,18). The number of hydrogen-bond acceptors (Lipinski definition) is 4. The van der Waals surface area contributed by atoms with Gasteiger partial charge in [0, 0.05) is 19.0 Å². The molecule has 3 N–H and O–H groups in total. The maximum Gasteiger partial charge on any atom is 0.328 e. The van der Waals surface area contributed by atoms with Crippen LogP contribution in [0.5, 0.6) is 0 Å². The number of amides is 1. The van der Waals surface area contributed by atoms with Gasteiger partial charge in [-0.15, -0.1) is 0 Å². The summed E-state index contributed by atoms with van der Waals surface area (Å²) in [5, 5.41) is 9.07. The zero-order chi connectivity index (χ0) is 14.6. The topological polar surface area (TPSA) is 92.9 Å². The fourth-order valence-corrected chi connectivity index (χ4v) is 2.31. The Morgan fingerprint density at radius 1 is 1.47 bits per heavy atom. The van der Waals surface area contributed by atoms with Crippen LogP contribution in [0.2, 0.25) is 0 Å². The number of ether oxygens (including phenoxy) is 1. The minimum atomic E-state index is -1.03. The van der Waals surface area contributed by atoms with Crippen LogP contribution in [0.25, 0.3) is 0 Å². The number of carbonyl (C=O) groups is 2. The lowest BCUT2D eigenvalue weighted by Crippen LogP contribution is -2.53. The number of hydrogen-bond donors (Lipinski definition) is 2. The molecule has 6 heteroatoms. The SMILES string of the molecule is CC(C)(C)CC(N)CC(=O)N1CCOCC1C(=O)O. The molecule has 2 unspecified atom stereocenters. The predicted molar refractivity (Wildman–Crippen MR) is 70.6 cm³/mol. The molecule has 0 radical (unpaired) electrons. The van der Waals surface area contributed by atoms with Crippen LogP contribution in [0.1, 0.15) is 33.6 Å². The van der Waals surface area contributed by atoms with Crippen LogP contribution in [0, 0.1) is 5.41 Å². The summed E-state index contributed by atoms with van der Waals surface area (Å²) in [6, 6.07) is -1.13. The van der Waals surface area contributed by atoms with E-state index in [0.29, 0.717) is 13.2 Å². The molecule has 1 rings (SSSR count). The van der Waals surface area contributed by atoms with E-state index in [2.05, 4.69) is 20.8 Å². The molecule has 19 heavy (non-hydrogen) atoms. The van der Waals surface area contributed by atoms with Gasteiger partial charge in [-0.2, -0.15) is 0 Å². The smallest absolute Gasteiger partial charge is 0.328 e. The van der Waals surface area contributed by atoms with Crippen LogP contribution >= 0.6 is 0 Å². The fourth-order valence-electron chi connectivity index (χ4n) is 2.31. The van der Waals surface area contributed by atoms with Crippen LogP contribution in [0.15, 0.2) is 0 Å². The van der Waals surface area contributed by atoms with Crippen molar-refractivity contribution in [1.82, 2.24) is 4.90 Å². The molecular weight excluding hydrogens is 248 g/mol. The third-order valence-electron chi connectivity index (χ3n) is 3.05. The first-order chi connectivity index (χ1) is 8.70. The first-order valence-corrected chi connectivity index (χ1v) is 6.56. The second kappa shape index (κ2) is 6.34. The average molecular weight is 272 g/mol. The molecule has 0 aliphatic carbocycles.